The molecule has 16 heavy (non-hydrogen) atoms. The number of ether oxygens (including phenoxy) is 2. The van der Waals surface area contributed by atoms with E-state index in [9.17, 15) is 20.2 Å². The molecule has 10 nitrogen and oxygen atoms in total. The van der Waals surface area contributed by atoms with Gasteiger partial charge in [0.05, 0.1) is 13.2 Å². The fraction of sp³-hybridized carbons (Fsp3) is 1.00. The van der Waals surface area contributed by atoms with Crippen LogP contribution in [0.2, 0.25) is 0 Å². The smallest absolute Gasteiger partial charge is 0.294 e. The van der Waals surface area contributed by atoms with Gasteiger partial charge in [-0.2, -0.15) is 0 Å². The van der Waals surface area contributed by atoms with Crippen molar-refractivity contribution in [2.75, 3.05) is 13.2 Å². The maximum absolute atomic E-state index is 10.1. The van der Waals surface area contributed by atoms with E-state index in [2.05, 4.69) is 9.68 Å². The van der Waals surface area contributed by atoms with Crippen LogP contribution in [0, 0.1) is 20.2 Å². The van der Waals surface area contributed by atoms with Crippen molar-refractivity contribution in [1.29, 1.82) is 0 Å². The Bertz CT molecular complexity index is 279. The third-order valence-electron chi connectivity index (χ3n) is 2.41. The van der Waals surface area contributed by atoms with E-state index in [4.69, 9.17) is 9.47 Å². The van der Waals surface area contributed by atoms with Crippen LogP contribution in [0.4, 0.5) is 0 Å². The van der Waals surface area contributed by atoms with Crippen molar-refractivity contribution in [3.05, 3.63) is 20.2 Å². The number of hydrogen-bond acceptors (Lipinski definition) is 8. The Morgan fingerprint density at radius 3 is 1.62 bits per heavy atom. The summed E-state index contributed by atoms with van der Waals surface area (Å²) in [6, 6.07) is 0. The molecule has 0 N–H and O–H groups in total. The summed E-state index contributed by atoms with van der Waals surface area (Å²) < 4.78 is 10.2. The van der Waals surface area contributed by atoms with Gasteiger partial charge in [0, 0.05) is 0 Å². The Morgan fingerprint density at radius 2 is 1.31 bits per heavy atom. The van der Waals surface area contributed by atoms with Crippen LogP contribution in [0.25, 0.3) is 0 Å². The molecule has 4 atom stereocenters. The van der Waals surface area contributed by atoms with Crippen molar-refractivity contribution >= 4 is 0 Å². The minimum absolute atomic E-state index is 0.0477. The highest BCUT2D eigenvalue weighted by Gasteiger charge is 2.51. The lowest BCUT2D eigenvalue weighted by atomic mass is 10.1. The number of rotatable bonds is 4. The number of hydrogen-bond donors (Lipinski definition) is 0. The highest BCUT2D eigenvalue weighted by molar-refractivity contribution is 4.94. The fourth-order valence-corrected chi connectivity index (χ4v) is 1.83. The van der Waals surface area contributed by atoms with E-state index in [1.54, 1.807) is 0 Å². The molecule has 2 fully saturated rings. The van der Waals surface area contributed by atoms with Crippen LogP contribution in [-0.4, -0.2) is 47.8 Å². The lowest BCUT2D eigenvalue weighted by molar-refractivity contribution is -0.769. The van der Waals surface area contributed by atoms with Crippen molar-refractivity contribution in [1.82, 2.24) is 0 Å². The summed E-state index contributed by atoms with van der Waals surface area (Å²) >= 11 is 0. The van der Waals surface area contributed by atoms with E-state index in [1.165, 1.54) is 0 Å². The minimum atomic E-state index is -0.943. The van der Waals surface area contributed by atoms with Crippen molar-refractivity contribution < 1.29 is 29.3 Å². The number of nitrogens with zero attached hydrogens (tertiary/aromatic N) is 2. The van der Waals surface area contributed by atoms with E-state index in [0.717, 1.165) is 0 Å². The van der Waals surface area contributed by atoms with E-state index in [1.807, 2.05) is 0 Å². The Hall–Kier alpha value is -1.68. The highest BCUT2D eigenvalue weighted by atomic mass is 17.0. The van der Waals surface area contributed by atoms with E-state index in [0.29, 0.717) is 0 Å². The van der Waals surface area contributed by atoms with Crippen LogP contribution in [-0.2, 0) is 19.1 Å². The molecule has 0 aromatic rings. The molecule has 0 aliphatic carbocycles. The van der Waals surface area contributed by atoms with Crippen LogP contribution >= 0.6 is 0 Å². The second-order valence-corrected chi connectivity index (χ2v) is 3.33. The summed E-state index contributed by atoms with van der Waals surface area (Å²) in [6.07, 6.45) is -3.12. The SMILES string of the molecule is O=[N+]([O-])O[C@@H]1CO[C@@H]2[C@H]1OC[C@H]2O[N+](=O)[O-]. The first-order valence-corrected chi connectivity index (χ1v) is 4.43. The first-order chi connectivity index (χ1) is 7.58. The topological polar surface area (TPSA) is 123 Å². The summed E-state index contributed by atoms with van der Waals surface area (Å²) in [5.41, 5.74) is 0. The molecule has 0 unspecified atom stereocenters. The molecule has 2 aliphatic heterocycles. The Kier molecular flexibility index (Phi) is 2.75. The summed E-state index contributed by atoms with van der Waals surface area (Å²) in [7, 11) is 0. The van der Waals surface area contributed by atoms with E-state index < -0.39 is 34.6 Å². The second kappa shape index (κ2) is 4.06. The molecule has 2 rings (SSSR count). The molecule has 0 spiro atoms. The Morgan fingerprint density at radius 1 is 0.938 bits per heavy atom. The van der Waals surface area contributed by atoms with Gasteiger partial charge in [-0.25, -0.2) is 0 Å². The highest BCUT2D eigenvalue weighted by Crippen LogP contribution is 2.30. The van der Waals surface area contributed by atoms with Crippen molar-refractivity contribution in [2.24, 2.45) is 0 Å². The molecule has 0 aromatic carbocycles. The van der Waals surface area contributed by atoms with Crippen LogP contribution in [0.1, 0.15) is 0 Å². The average Bonchev–Trinajstić information content (AvgIpc) is 2.70. The third-order valence-corrected chi connectivity index (χ3v) is 2.41. The summed E-state index contributed by atoms with van der Waals surface area (Å²) in [5, 5.41) is 18.4. The van der Waals surface area contributed by atoms with Gasteiger partial charge in [0.2, 0.25) is 0 Å². The van der Waals surface area contributed by atoms with Gasteiger partial charge in [0.15, 0.2) is 12.2 Å². The van der Waals surface area contributed by atoms with E-state index in [-0.39, 0.29) is 13.2 Å². The molecular weight excluding hydrogens is 228 g/mol. The van der Waals surface area contributed by atoms with Gasteiger partial charge in [-0.1, -0.05) is 0 Å². The molecule has 90 valence electrons. The molecule has 0 radical (unpaired) electrons. The third kappa shape index (κ3) is 1.97. The zero-order chi connectivity index (χ0) is 11.7. The second-order valence-electron chi connectivity index (χ2n) is 3.33. The average molecular weight is 236 g/mol. The van der Waals surface area contributed by atoms with Gasteiger partial charge in [-0.15, -0.1) is 20.2 Å². The molecule has 2 heterocycles. The summed E-state index contributed by atoms with van der Waals surface area (Å²) in [6.45, 7) is -0.0955. The van der Waals surface area contributed by atoms with Gasteiger partial charge in [0.1, 0.15) is 12.2 Å². The first kappa shape index (κ1) is 10.8. The van der Waals surface area contributed by atoms with Crippen molar-refractivity contribution in [3.63, 3.8) is 0 Å². The summed E-state index contributed by atoms with van der Waals surface area (Å²) in [4.78, 5) is 28.9. The maximum atomic E-state index is 10.1. The lowest BCUT2D eigenvalue weighted by Crippen LogP contribution is -2.35. The zero-order valence-electron chi connectivity index (χ0n) is 7.88. The normalized spacial score (nSPS) is 36.8. The molecular formula is C6H8N2O8. The minimum Gasteiger partial charge on any atom is -0.371 e. The number of fused-ring (bicyclic) bond motifs is 1. The lowest BCUT2D eigenvalue weighted by Gasteiger charge is -2.13. The standard InChI is InChI=1S/C6H8N2O8/c9-7(10)15-3-1-13-6-4(16-8(11)12)2-14-5(3)6/h3-6H,1-2H2/t3-,4-,5+,6+/m1/s1. The van der Waals surface area contributed by atoms with Gasteiger partial charge < -0.3 is 19.1 Å². The van der Waals surface area contributed by atoms with Crippen LogP contribution in [0.3, 0.4) is 0 Å². The van der Waals surface area contributed by atoms with Gasteiger partial charge in [-0.3, -0.25) is 0 Å². The van der Waals surface area contributed by atoms with Gasteiger partial charge in [-0.05, 0) is 0 Å². The molecule has 2 aliphatic rings. The molecule has 0 saturated carbocycles. The Labute approximate surface area is 88.2 Å². The largest absolute Gasteiger partial charge is 0.371 e. The first-order valence-electron chi connectivity index (χ1n) is 4.43. The monoisotopic (exact) mass is 236 g/mol. The maximum Gasteiger partial charge on any atom is 0.294 e. The molecule has 2 saturated heterocycles. The van der Waals surface area contributed by atoms with Crippen molar-refractivity contribution in [2.45, 2.75) is 24.4 Å². The van der Waals surface area contributed by atoms with Gasteiger partial charge in [0.25, 0.3) is 10.2 Å². The van der Waals surface area contributed by atoms with Crippen molar-refractivity contribution in [3.8, 4) is 0 Å². The van der Waals surface area contributed by atoms with E-state index >= 15 is 0 Å². The Balaban J connectivity index is 1.95. The predicted molar refractivity (Wildman–Crippen MR) is 43.2 cm³/mol. The fourth-order valence-electron chi connectivity index (χ4n) is 1.83. The molecule has 0 bridgehead atoms. The molecule has 0 aromatic heterocycles. The quantitative estimate of drug-likeness (QED) is 0.446. The molecule has 0 amide bonds. The van der Waals surface area contributed by atoms with Crippen LogP contribution < -0.4 is 0 Å². The van der Waals surface area contributed by atoms with Crippen LogP contribution in [0.15, 0.2) is 0 Å². The summed E-state index contributed by atoms with van der Waals surface area (Å²) in [5.74, 6) is 0. The zero-order valence-corrected chi connectivity index (χ0v) is 7.88. The predicted octanol–water partition coefficient (Wildman–Crippen LogP) is -1.06. The molecule has 10 heteroatoms. The van der Waals surface area contributed by atoms with Crippen LogP contribution in [0.5, 0.6) is 0 Å². The van der Waals surface area contributed by atoms with Gasteiger partial charge >= 0.3 is 0 Å².